The van der Waals surface area contributed by atoms with Crippen molar-refractivity contribution in [1.82, 2.24) is 9.78 Å². The van der Waals surface area contributed by atoms with Gasteiger partial charge in [-0.25, -0.2) is 0 Å². The molecule has 0 atom stereocenters. The van der Waals surface area contributed by atoms with Crippen LogP contribution in [-0.2, 0) is 6.54 Å². The molecule has 0 aliphatic carbocycles. The van der Waals surface area contributed by atoms with Gasteiger partial charge in [-0.15, -0.1) is 0 Å². The maximum Gasteiger partial charge on any atom is 0.119 e. The third-order valence-electron chi connectivity index (χ3n) is 2.28. The third kappa shape index (κ3) is 3.78. The first-order chi connectivity index (χ1) is 8.24. The lowest BCUT2D eigenvalue weighted by Gasteiger charge is -2.06. The summed E-state index contributed by atoms with van der Waals surface area (Å²) in [5.74, 6) is 0.848. The first-order valence-corrected chi connectivity index (χ1v) is 6.19. The van der Waals surface area contributed by atoms with Crippen molar-refractivity contribution in [2.75, 3.05) is 12.3 Å². The molecule has 0 saturated carbocycles. The Morgan fingerprint density at radius 1 is 1.29 bits per heavy atom. The molecule has 1 aromatic heterocycles. The van der Waals surface area contributed by atoms with Crippen LogP contribution in [0, 0.1) is 0 Å². The Labute approximate surface area is 109 Å². The van der Waals surface area contributed by atoms with E-state index in [2.05, 4.69) is 21.0 Å². The van der Waals surface area contributed by atoms with Crippen LogP contribution in [-0.4, -0.2) is 16.4 Å². The van der Waals surface area contributed by atoms with E-state index >= 15 is 0 Å². The van der Waals surface area contributed by atoms with E-state index in [9.17, 15) is 0 Å². The fraction of sp³-hybridized carbons (Fsp3) is 0.250. The minimum absolute atomic E-state index is 0.668. The largest absolute Gasteiger partial charge is 0.494 e. The Morgan fingerprint density at radius 2 is 2.06 bits per heavy atom. The minimum Gasteiger partial charge on any atom is -0.494 e. The molecule has 5 heteroatoms. The monoisotopic (exact) mass is 295 g/mol. The molecule has 1 heterocycles. The maximum absolute atomic E-state index is 5.59. The van der Waals surface area contributed by atoms with Gasteiger partial charge < -0.3 is 10.5 Å². The Balaban J connectivity index is 1.71. The van der Waals surface area contributed by atoms with Gasteiger partial charge in [0.15, 0.2) is 0 Å². The Hall–Kier alpha value is -1.49. The SMILES string of the molecule is Nc1ccc(OCCCn2cc(Br)cn2)cc1. The van der Waals surface area contributed by atoms with Crippen LogP contribution in [0.3, 0.4) is 0 Å². The average Bonchev–Trinajstić information content (AvgIpc) is 2.73. The van der Waals surface area contributed by atoms with Crippen LogP contribution in [0.4, 0.5) is 5.69 Å². The highest BCUT2D eigenvalue weighted by Crippen LogP contribution is 2.13. The number of nitrogen functional groups attached to an aromatic ring is 1. The van der Waals surface area contributed by atoms with E-state index in [1.807, 2.05) is 35.1 Å². The summed E-state index contributed by atoms with van der Waals surface area (Å²) >= 11 is 3.36. The van der Waals surface area contributed by atoms with Crippen LogP contribution in [0.5, 0.6) is 5.75 Å². The predicted octanol–water partition coefficient (Wildman–Crippen LogP) is 2.70. The molecule has 90 valence electrons. The molecular weight excluding hydrogens is 282 g/mol. The highest BCUT2D eigenvalue weighted by molar-refractivity contribution is 9.10. The molecule has 4 nitrogen and oxygen atoms in total. The summed E-state index contributed by atoms with van der Waals surface area (Å²) in [5, 5.41) is 4.17. The number of aryl methyl sites for hydroxylation is 1. The molecule has 0 unspecified atom stereocenters. The van der Waals surface area contributed by atoms with Crippen LogP contribution in [0.15, 0.2) is 41.1 Å². The van der Waals surface area contributed by atoms with Crippen molar-refractivity contribution in [3.63, 3.8) is 0 Å². The summed E-state index contributed by atoms with van der Waals surface area (Å²) in [4.78, 5) is 0. The van der Waals surface area contributed by atoms with Gasteiger partial charge in [-0.1, -0.05) is 0 Å². The van der Waals surface area contributed by atoms with Crippen molar-refractivity contribution >= 4 is 21.6 Å². The Kier molecular flexibility index (Phi) is 4.03. The number of hydrogen-bond donors (Lipinski definition) is 1. The van der Waals surface area contributed by atoms with E-state index in [1.54, 1.807) is 6.20 Å². The fourth-order valence-corrected chi connectivity index (χ4v) is 1.77. The van der Waals surface area contributed by atoms with Crippen molar-refractivity contribution in [2.45, 2.75) is 13.0 Å². The molecule has 0 saturated heterocycles. The zero-order valence-electron chi connectivity index (χ0n) is 9.34. The van der Waals surface area contributed by atoms with Crippen molar-refractivity contribution < 1.29 is 4.74 Å². The van der Waals surface area contributed by atoms with Crippen LogP contribution in [0.25, 0.3) is 0 Å². The summed E-state index contributed by atoms with van der Waals surface area (Å²) in [5.41, 5.74) is 6.34. The third-order valence-corrected chi connectivity index (χ3v) is 2.69. The van der Waals surface area contributed by atoms with E-state index in [-0.39, 0.29) is 0 Å². The molecule has 0 fully saturated rings. The van der Waals surface area contributed by atoms with Gasteiger partial charge in [0.2, 0.25) is 0 Å². The zero-order chi connectivity index (χ0) is 12.1. The standard InChI is InChI=1S/C12H14BrN3O/c13-10-8-15-16(9-10)6-1-7-17-12-4-2-11(14)3-5-12/h2-5,8-9H,1,6-7,14H2. The quantitative estimate of drug-likeness (QED) is 0.682. The zero-order valence-corrected chi connectivity index (χ0v) is 10.9. The maximum atomic E-state index is 5.59. The van der Waals surface area contributed by atoms with Crippen molar-refractivity contribution in [3.8, 4) is 5.75 Å². The number of anilines is 1. The second kappa shape index (κ2) is 5.72. The normalized spacial score (nSPS) is 10.4. The topological polar surface area (TPSA) is 53.1 Å². The van der Waals surface area contributed by atoms with Gasteiger partial charge in [0, 0.05) is 24.8 Å². The molecule has 2 N–H and O–H groups in total. The second-order valence-corrected chi connectivity index (χ2v) is 4.61. The highest BCUT2D eigenvalue weighted by atomic mass is 79.9. The van der Waals surface area contributed by atoms with E-state index in [0.29, 0.717) is 6.61 Å². The fourth-order valence-electron chi connectivity index (χ4n) is 1.44. The van der Waals surface area contributed by atoms with E-state index in [0.717, 1.165) is 28.9 Å². The molecule has 2 aromatic rings. The number of nitrogens with zero attached hydrogens (tertiary/aromatic N) is 2. The van der Waals surface area contributed by atoms with Gasteiger partial charge in [-0.2, -0.15) is 5.10 Å². The van der Waals surface area contributed by atoms with Crippen LogP contribution in [0.1, 0.15) is 6.42 Å². The Bertz CT molecular complexity index is 467. The van der Waals surface area contributed by atoms with Crippen LogP contribution < -0.4 is 10.5 Å². The van der Waals surface area contributed by atoms with Gasteiger partial charge in [-0.3, -0.25) is 4.68 Å². The number of rotatable bonds is 5. The smallest absolute Gasteiger partial charge is 0.119 e. The molecule has 0 radical (unpaired) electrons. The number of halogens is 1. The summed E-state index contributed by atoms with van der Waals surface area (Å²) in [6.45, 7) is 1.52. The summed E-state index contributed by atoms with van der Waals surface area (Å²) in [6, 6.07) is 7.42. The number of aromatic nitrogens is 2. The lowest BCUT2D eigenvalue weighted by Crippen LogP contribution is -2.04. The molecule has 0 aliphatic heterocycles. The molecule has 17 heavy (non-hydrogen) atoms. The average molecular weight is 296 g/mol. The van der Waals surface area contributed by atoms with Gasteiger partial charge in [0.25, 0.3) is 0 Å². The number of hydrogen-bond acceptors (Lipinski definition) is 3. The van der Waals surface area contributed by atoms with E-state index in [1.165, 1.54) is 0 Å². The summed E-state index contributed by atoms with van der Waals surface area (Å²) in [6.07, 6.45) is 4.64. The second-order valence-electron chi connectivity index (χ2n) is 3.69. The number of ether oxygens (including phenoxy) is 1. The molecule has 0 bridgehead atoms. The lowest BCUT2D eigenvalue weighted by molar-refractivity contribution is 0.298. The predicted molar refractivity (Wildman–Crippen MR) is 70.9 cm³/mol. The van der Waals surface area contributed by atoms with Gasteiger partial charge in [0.05, 0.1) is 17.3 Å². The van der Waals surface area contributed by atoms with Gasteiger partial charge in [0.1, 0.15) is 5.75 Å². The number of nitrogens with two attached hydrogens (primary N) is 1. The molecule has 2 rings (SSSR count). The number of benzene rings is 1. The first kappa shape index (κ1) is 12.0. The van der Waals surface area contributed by atoms with Crippen molar-refractivity contribution in [2.24, 2.45) is 0 Å². The lowest BCUT2D eigenvalue weighted by atomic mass is 10.3. The molecule has 1 aromatic carbocycles. The Morgan fingerprint density at radius 3 is 2.71 bits per heavy atom. The minimum atomic E-state index is 0.668. The molecule has 0 amide bonds. The van der Waals surface area contributed by atoms with Gasteiger partial charge >= 0.3 is 0 Å². The van der Waals surface area contributed by atoms with Crippen LogP contribution in [0.2, 0.25) is 0 Å². The summed E-state index contributed by atoms with van der Waals surface area (Å²) in [7, 11) is 0. The van der Waals surface area contributed by atoms with E-state index < -0.39 is 0 Å². The first-order valence-electron chi connectivity index (χ1n) is 5.40. The molecular formula is C12H14BrN3O. The van der Waals surface area contributed by atoms with Crippen molar-refractivity contribution in [1.29, 1.82) is 0 Å². The molecule has 0 aliphatic rings. The van der Waals surface area contributed by atoms with Gasteiger partial charge in [-0.05, 0) is 40.2 Å². The molecule has 0 spiro atoms. The highest BCUT2D eigenvalue weighted by Gasteiger charge is 1.96. The summed E-state index contributed by atoms with van der Waals surface area (Å²) < 4.78 is 8.46. The van der Waals surface area contributed by atoms with Crippen LogP contribution >= 0.6 is 15.9 Å². The van der Waals surface area contributed by atoms with Crippen molar-refractivity contribution in [3.05, 3.63) is 41.1 Å². The van der Waals surface area contributed by atoms with E-state index in [4.69, 9.17) is 10.5 Å².